The summed E-state index contributed by atoms with van der Waals surface area (Å²) in [5.41, 5.74) is 20.7. The number of benzene rings is 11. The first-order valence-corrected chi connectivity index (χ1v) is 28.5. The maximum absolute atomic E-state index is 2.64. The van der Waals surface area contributed by atoms with Crippen molar-refractivity contribution in [1.82, 2.24) is 4.57 Å². The van der Waals surface area contributed by atoms with Crippen LogP contribution < -0.4 is 4.90 Å². The maximum Gasteiger partial charge on any atom is 0.0541 e. The van der Waals surface area contributed by atoms with Gasteiger partial charge in [0.25, 0.3) is 0 Å². The van der Waals surface area contributed by atoms with Gasteiger partial charge in [0.05, 0.1) is 33.5 Å². The van der Waals surface area contributed by atoms with E-state index in [-0.39, 0.29) is 11.8 Å². The second kappa shape index (κ2) is 19.6. The Morgan fingerprint density at radius 1 is 0.418 bits per heavy atom. The zero-order chi connectivity index (χ0) is 52.3. The molecule has 1 saturated carbocycles. The summed E-state index contributed by atoms with van der Waals surface area (Å²) in [6.07, 6.45) is 14.0. The van der Waals surface area contributed by atoms with Crippen molar-refractivity contribution < 1.29 is 0 Å². The van der Waals surface area contributed by atoms with E-state index in [4.69, 9.17) is 0 Å². The normalized spacial score (nSPS) is 16.7. The highest BCUT2D eigenvalue weighted by Crippen LogP contribution is 2.61. The molecule has 0 amide bonds. The van der Waals surface area contributed by atoms with Crippen LogP contribution in [0, 0.1) is 5.92 Å². The number of hydrogen-bond acceptors (Lipinski definition) is 1. The molecule has 15 rings (SSSR count). The average molecular weight is 1010 g/mol. The molecule has 1 aromatic heterocycles. The summed E-state index contributed by atoms with van der Waals surface area (Å²) in [5.74, 6) is 0.840. The van der Waals surface area contributed by atoms with Gasteiger partial charge in [-0.1, -0.05) is 256 Å². The fraction of sp³-hybridized carbons (Fsp3) is 0.117. The molecule has 378 valence electrons. The first-order chi connectivity index (χ1) is 39.2. The number of anilines is 3. The van der Waals surface area contributed by atoms with Crippen LogP contribution >= 0.6 is 0 Å². The van der Waals surface area contributed by atoms with E-state index in [1.165, 1.54) is 120 Å². The lowest BCUT2D eigenvalue weighted by molar-refractivity contribution is 0.445. The smallest absolute Gasteiger partial charge is 0.0541 e. The van der Waals surface area contributed by atoms with Gasteiger partial charge in [0.2, 0.25) is 0 Å². The highest BCUT2D eigenvalue weighted by atomic mass is 15.2. The number of fused-ring (bicyclic) bond motifs is 7. The number of aromatic nitrogens is 1. The largest absolute Gasteiger partial charge is 0.309 e. The van der Waals surface area contributed by atoms with E-state index in [9.17, 15) is 0 Å². The molecule has 1 fully saturated rings. The van der Waals surface area contributed by atoms with Crippen LogP contribution in [-0.2, 0) is 5.41 Å². The van der Waals surface area contributed by atoms with Crippen LogP contribution in [-0.4, -0.2) is 4.57 Å². The summed E-state index contributed by atoms with van der Waals surface area (Å²) in [7, 11) is 0. The first kappa shape index (κ1) is 47.0. The number of nitrogens with zero attached hydrogens (tertiary/aromatic N) is 2. The van der Waals surface area contributed by atoms with Crippen molar-refractivity contribution in [2.24, 2.45) is 5.92 Å². The first-order valence-electron chi connectivity index (χ1n) is 28.5. The van der Waals surface area contributed by atoms with Crippen molar-refractivity contribution >= 4 is 55.2 Å². The van der Waals surface area contributed by atoms with Crippen LogP contribution in [0.5, 0.6) is 0 Å². The zero-order valence-electron chi connectivity index (χ0n) is 44.3. The minimum Gasteiger partial charge on any atom is -0.309 e. The van der Waals surface area contributed by atoms with Crippen LogP contribution in [0.25, 0.3) is 66.1 Å². The SMILES string of the molecule is C1=CC2c3ccccc3C(c3ccccc3)(c3ccccc3)C2C=C1c1ccccc1N(c1ccccc1-c1ccc2c(c1)c1ccccc1n2-c1ccccc1)c1ccccc1-c1cccc2cccc(C3CCCCC3)c12. The molecule has 11 aromatic carbocycles. The fourth-order valence-corrected chi connectivity index (χ4v) is 14.6. The number of para-hydroxylation sites is 5. The summed E-state index contributed by atoms with van der Waals surface area (Å²) >= 11 is 0. The molecule has 0 saturated heterocycles. The molecule has 3 aliphatic rings. The van der Waals surface area contributed by atoms with Crippen molar-refractivity contribution in [3.8, 4) is 27.9 Å². The van der Waals surface area contributed by atoms with Crippen LogP contribution in [0.2, 0.25) is 0 Å². The molecular weight excluding hydrogens is 953 g/mol. The van der Waals surface area contributed by atoms with Crippen molar-refractivity contribution in [3.05, 3.63) is 319 Å². The molecule has 0 radical (unpaired) electrons. The van der Waals surface area contributed by atoms with Crippen LogP contribution in [0.4, 0.5) is 17.1 Å². The van der Waals surface area contributed by atoms with Gasteiger partial charge in [-0.15, -0.1) is 0 Å². The highest BCUT2D eigenvalue weighted by molar-refractivity contribution is 6.11. The number of hydrogen-bond donors (Lipinski definition) is 0. The van der Waals surface area contributed by atoms with Crippen molar-refractivity contribution in [2.75, 3.05) is 4.90 Å². The molecule has 2 nitrogen and oxygen atoms in total. The molecule has 79 heavy (non-hydrogen) atoms. The molecule has 0 spiro atoms. The summed E-state index contributed by atoms with van der Waals surface area (Å²) in [6, 6.07) is 100. The molecule has 0 bridgehead atoms. The van der Waals surface area contributed by atoms with E-state index < -0.39 is 5.41 Å². The summed E-state index contributed by atoms with van der Waals surface area (Å²) in [6.45, 7) is 0. The monoisotopic (exact) mass is 1010 g/mol. The Balaban J connectivity index is 0.971. The van der Waals surface area contributed by atoms with Crippen molar-refractivity contribution in [2.45, 2.75) is 49.4 Å². The second-order valence-electron chi connectivity index (χ2n) is 22.1. The Hall–Kier alpha value is -9.24. The van der Waals surface area contributed by atoms with Crippen LogP contribution in [0.1, 0.15) is 77.3 Å². The van der Waals surface area contributed by atoms with Crippen molar-refractivity contribution in [3.63, 3.8) is 0 Å². The average Bonchev–Trinajstić information content (AvgIpc) is 4.27. The fourth-order valence-electron chi connectivity index (χ4n) is 14.6. The van der Waals surface area contributed by atoms with Gasteiger partial charge in [-0.2, -0.15) is 0 Å². The van der Waals surface area contributed by atoms with Crippen LogP contribution in [0.3, 0.4) is 0 Å². The third-order valence-corrected chi connectivity index (χ3v) is 17.9. The van der Waals surface area contributed by atoms with E-state index >= 15 is 0 Å². The Morgan fingerprint density at radius 2 is 0.975 bits per heavy atom. The minimum atomic E-state index is -0.416. The molecular formula is C77H60N2. The van der Waals surface area contributed by atoms with Gasteiger partial charge >= 0.3 is 0 Å². The molecule has 2 heteroatoms. The Labute approximate surface area is 463 Å². The third-order valence-electron chi connectivity index (χ3n) is 17.9. The van der Waals surface area contributed by atoms with E-state index in [2.05, 4.69) is 295 Å². The van der Waals surface area contributed by atoms with Gasteiger partial charge in [-0.25, -0.2) is 0 Å². The molecule has 2 atom stereocenters. The quantitative estimate of drug-likeness (QED) is 0.133. The van der Waals surface area contributed by atoms with E-state index in [1.807, 2.05) is 0 Å². The summed E-state index contributed by atoms with van der Waals surface area (Å²) < 4.78 is 2.41. The zero-order valence-corrected chi connectivity index (χ0v) is 44.3. The van der Waals surface area contributed by atoms with Crippen molar-refractivity contribution in [1.29, 1.82) is 0 Å². The molecule has 0 aliphatic heterocycles. The summed E-state index contributed by atoms with van der Waals surface area (Å²) in [4.78, 5) is 2.60. The van der Waals surface area contributed by atoms with E-state index in [0.29, 0.717) is 5.92 Å². The lowest BCUT2D eigenvalue weighted by Crippen LogP contribution is -2.35. The highest BCUT2D eigenvalue weighted by Gasteiger charge is 2.53. The van der Waals surface area contributed by atoms with Gasteiger partial charge in [0, 0.05) is 45.0 Å². The van der Waals surface area contributed by atoms with Gasteiger partial charge in [-0.05, 0) is 123 Å². The van der Waals surface area contributed by atoms with Gasteiger partial charge in [0.15, 0.2) is 0 Å². The lowest BCUT2D eigenvalue weighted by atomic mass is 9.62. The Kier molecular flexibility index (Phi) is 11.7. The minimum absolute atomic E-state index is 0.106. The van der Waals surface area contributed by atoms with E-state index in [0.717, 1.165) is 28.3 Å². The van der Waals surface area contributed by atoms with Gasteiger partial charge < -0.3 is 9.47 Å². The Bertz CT molecular complexity index is 4260. The molecule has 1 heterocycles. The maximum atomic E-state index is 2.64. The number of allylic oxidation sites excluding steroid dienone is 4. The van der Waals surface area contributed by atoms with Crippen LogP contribution in [0.15, 0.2) is 285 Å². The topological polar surface area (TPSA) is 8.17 Å². The molecule has 0 N–H and O–H groups in total. The third kappa shape index (κ3) is 7.68. The van der Waals surface area contributed by atoms with Gasteiger partial charge in [-0.3, -0.25) is 0 Å². The molecule has 2 unspecified atom stereocenters. The molecule has 3 aliphatic carbocycles. The second-order valence-corrected chi connectivity index (χ2v) is 22.1. The Morgan fingerprint density at radius 3 is 1.72 bits per heavy atom. The van der Waals surface area contributed by atoms with Gasteiger partial charge in [0.1, 0.15) is 0 Å². The molecule has 12 aromatic rings. The standard InChI is InChI=1S/C77H60N2/c1-5-25-53(26-6-1)62-40-23-27-54-28-24-41-67(76(54)62)65-38-16-22-46-74(65)79(71-43-19-14-35-60(71)55-48-50-75-68(51-55)66-39-17-21-45-73(66)78(75)59-33-11-4-12-34-59)72-44-20-15-36-61(72)56-47-49-64-63-37-13-18-42-69(63)77(70(64)52-56,57-29-7-2-8-30-57)58-31-9-3-10-32-58/h2-4,7-24,27-53,64,70H,1,5-6,25-26H2. The predicted molar refractivity (Wildman–Crippen MR) is 332 cm³/mol. The lowest BCUT2D eigenvalue weighted by Gasteiger charge is -2.39. The predicted octanol–water partition coefficient (Wildman–Crippen LogP) is 20.5. The van der Waals surface area contributed by atoms with E-state index in [1.54, 1.807) is 0 Å². The summed E-state index contributed by atoms with van der Waals surface area (Å²) in [5, 5.41) is 5.16. The number of rotatable bonds is 10.